The summed E-state index contributed by atoms with van der Waals surface area (Å²) >= 11 is 6.05. The Kier molecular flexibility index (Phi) is 5.47. The van der Waals surface area contributed by atoms with E-state index in [0.29, 0.717) is 23.9 Å². The molecule has 26 heavy (non-hydrogen) atoms. The Bertz CT molecular complexity index is 929. The topological polar surface area (TPSA) is 93.7 Å². The van der Waals surface area contributed by atoms with Crippen LogP contribution in [0.5, 0.6) is 5.75 Å². The van der Waals surface area contributed by atoms with E-state index in [1.807, 2.05) is 0 Å². The number of halogens is 1. The van der Waals surface area contributed by atoms with E-state index in [0.717, 1.165) is 0 Å². The minimum atomic E-state index is -3.77. The van der Waals surface area contributed by atoms with Crippen molar-refractivity contribution in [3.63, 3.8) is 0 Å². The average Bonchev–Trinajstić information content (AvgIpc) is 2.59. The number of nitrogens with one attached hydrogen (secondary N) is 2. The average molecular weight is 397 g/mol. The molecular weight excluding hydrogens is 380 g/mol. The molecule has 0 radical (unpaired) electrons. The van der Waals surface area contributed by atoms with E-state index in [1.165, 1.54) is 25.3 Å². The van der Waals surface area contributed by atoms with Crippen molar-refractivity contribution in [2.75, 3.05) is 25.6 Å². The number of para-hydroxylation sites is 1. The van der Waals surface area contributed by atoms with Crippen molar-refractivity contribution in [1.82, 2.24) is 4.72 Å². The van der Waals surface area contributed by atoms with Crippen LogP contribution in [0.1, 0.15) is 10.4 Å². The number of carbonyl (C=O) groups excluding carboxylic acids is 1. The summed E-state index contributed by atoms with van der Waals surface area (Å²) in [7, 11) is -2.37. The zero-order valence-electron chi connectivity index (χ0n) is 13.9. The highest BCUT2D eigenvalue weighted by Crippen LogP contribution is 2.26. The van der Waals surface area contributed by atoms with Crippen LogP contribution in [0.25, 0.3) is 0 Å². The summed E-state index contributed by atoms with van der Waals surface area (Å²) < 4.78 is 37.6. The summed E-state index contributed by atoms with van der Waals surface area (Å²) in [5.74, 6) is -0.278. The van der Waals surface area contributed by atoms with Crippen LogP contribution in [0.2, 0.25) is 5.02 Å². The Hall–Kier alpha value is -2.13. The van der Waals surface area contributed by atoms with E-state index in [-0.39, 0.29) is 22.3 Å². The first-order valence-corrected chi connectivity index (χ1v) is 9.61. The van der Waals surface area contributed by atoms with Gasteiger partial charge in [0.25, 0.3) is 5.91 Å². The van der Waals surface area contributed by atoms with Crippen LogP contribution in [0.3, 0.4) is 0 Å². The molecule has 2 aromatic rings. The van der Waals surface area contributed by atoms with Crippen molar-refractivity contribution in [2.45, 2.75) is 10.9 Å². The smallest absolute Gasteiger partial charge is 0.259 e. The van der Waals surface area contributed by atoms with Crippen molar-refractivity contribution in [3.05, 3.63) is 53.1 Å². The number of sulfonamides is 1. The molecular formula is C17H17ClN2O5S. The Balaban J connectivity index is 1.90. The number of anilines is 1. The summed E-state index contributed by atoms with van der Waals surface area (Å²) in [4.78, 5) is 12.6. The maximum atomic E-state index is 12.6. The zero-order chi connectivity index (χ0) is 18.7. The number of methoxy groups -OCH3 is 1. The van der Waals surface area contributed by atoms with E-state index in [1.54, 1.807) is 24.3 Å². The van der Waals surface area contributed by atoms with Crippen molar-refractivity contribution in [1.29, 1.82) is 0 Å². The van der Waals surface area contributed by atoms with Crippen molar-refractivity contribution >= 4 is 33.2 Å². The maximum absolute atomic E-state index is 12.6. The lowest BCUT2D eigenvalue weighted by Crippen LogP contribution is -2.48. The molecule has 1 amide bonds. The molecule has 0 saturated carbocycles. The van der Waals surface area contributed by atoms with Gasteiger partial charge in [0.1, 0.15) is 5.75 Å². The van der Waals surface area contributed by atoms with Gasteiger partial charge in [0.2, 0.25) is 10.0 Å². The molecule has 9 heteroatoms. The molecule has 0 aliphatic carbocycles. The number of benzene rings is 2. The van der Waals surface area contributed by atoms with Gasteiger partial charge in [-0.3, -0.25) is 4.79 Å². The van der Waals surface area contributed by atoms with Crippen LogP contribution in [-0.4, -0.2) is 40.7 Å². The second-order valence-electron chi connectivity index (χ2n) is 5.65. The van der Waals surface area contributed by atoms with Crippen LogP contribution in [0, 0.1) is 0 Å². The normalized spacial score (nSPS) is 14.5. The monoisotopic (exact) mass is 396 g/mol. The summed E-state index contributed by atoms with van der Waals surface area (Å²) in [5, 5.41) is 3.03. The molecule has 1 saturated heterocycles. The molecule has 2 aromatic carbocycles. The highest BCUT2D eigenvalue weighted by molar-refractivity contribution is 7.89. The third-order valence-electron chi connectivity index (χ3n) is 3.81. The Morgan fingerprint density at radius 2 is 1.96 bits per heavy atom. The van der Waals surface area contributed by atoms with Crippen LogP contribution in [-0.2, 0) is 14.8 Å². The summed E-state index contributed by atoms with van der Waals surface area (Å²) in [6.07, 6.45) is 0. The third-order valence-corrected chi connectivity index (χ3v) is 5.66. The van der Waals surface area contributed by atoms with Gasteiger partial charge >= 0.3 is 0 Å². The van der Waals surface area contributed by atoms with Gasteiger partial charge < -0.3 is 14.8 Å². The van der Waals surface area contributed by atoms with Crippen molar-refractivity contribution in [3.8, 4) is 5.75 Å². The summed E-state index contributed by atoms with van der Waals surface area (Å²) in [5.41, 5.74) is 0.499. The molecule has 138 valence electrons. The fourth-order valence-electron chi connectivity index (χ4n) is 2.38. The molecule has 1 heterocycles. The van der Waals surface area contributed by atoms with Gasteiger partial charge in [-0.2, -0.15) is 0 Å². The van der Waals surface area contributed by atoms with Crippen LogP contribution in [0.4, 0.5) is 5.69 Å². The Morgan fingerprint density at radius 1 is 1.23 bits per heavy atom. The van der Waals surface area contributed by atoms with E-state index in [9.17, 15) is 13.2 Å². The highest BCUT2D eigenvalue weighted by Gasteiger charge is 2.27. The molecule has 0 unspecified atom stereocenters. The SMILES string of the molecule is COc1ccc(S(=O)(=O)NC2COC2)cc1C(=O)Nc1ccccc1Cl. The van der Waals surface area contributed by atoms with Crippen LogP contribution >= 0.6 is 11.6 Å². The van der Waals surface area contributed by atoms with Gasteiger partial charge in [0.15, 0.2) is 0 Å². The standard InChI is InChI=1S/C17H17ClN2O5S/c1-24-16-7-6-12(26(22,23)20-11-9-25-10-11)8-13(16)17(21)19-15-5-3-2-4-14(15)18/h2-8,11,20H,9-10H2,1H3,(H,19,21). The Morgan fingerprint density at radius 3 is 2.58 bits per heavy atom. The molecule has 2 N–H and O–H groups in total. The number of rotatable bonds is 6. The number of carbonyl (C=O) groups is 1. The largest absolute Gasteiger partial charge is 0.496 e. The quantitative estimate of drug-likeness (QED) is 0.781. The summed E-state index contributed by atoms with van der Waals surface area (Å²) in [6.45, 7) is 0.657. The van der Waals surface area contributed by atoms with Crippen LogP contribution < -0.4 is 14.8 Å². The molecule has 0 spiro atoms. The predicted octanol–water partition coefficient (Wildman–Crippen LogP) is 2.28. The highest BCUT2D eigenvalue weighted by atomic mass is 35.5. The van der Waals surface area contributed by atoms with Crippen LogP contribution in [0.15, 0.2) is 47.4 Å². The van der Waals surface area contributed by atoms with Gasteiger partial charge in [0, 0.05) is 0 Å². The van der Waals surface area contributed by atoms with Crippen molar-refractivity contribution < 1.29 is 22.7 Å². The second kappa shape index (κ2) is 7.63. The number of hydrogen-bond donors (Lipinski definition) is 2. The van der Waals surface area contributed by atoms with E-state index in [4.69, 9.17) is 21.1 Å². The van der Waals surface area contributed by atoms with Gasteiger partial charge in [-0.15, -0.1) is 0 Å². The molecule has 0 atom stereocenters. The molecule has 7 nitrogen and oxygen atoms in total. The predicted molar refractivity (Wildman–Crippen MR) is 97.3 cm³/mol. The Labute approximate surface area is 156 Å². The number of ether oxygens (including phenoxy) is 2. The van der Waals surface area contributed by atoms with Gasteiger partial charge in [-0.05, 0) is 30.3 Å². The van der Waals surface area contributed by atoms with Gasteiger partial charge in [-0.25, -0.2) is 13.1 Å². The molecule has 1 fully saturated rings. The fraction of sp³-hybridized carbons (Fsp3) is 0.235. The van der Waals surface area contributed by atoms with Gasteiger partial charge in [-0.1, -0.05) is 23.7 Å². The number of amides is 1. The van der Waals surface area contributed by atoms with E-state index >= 15 is 0 Å². The lowest BCUT2D eigenvalue weighted by Gasteiger charge is -2.26. The minimum Gasteiger partial charge on any atom is -0.496 e. The minimum absolute atomic E-state index is 0.0329. The number of hydrogen-bond acceptors (Lipinski definition) is 5. The molecule has 1 aliphatic heterocycles. The van der Waals surface area contributed by atoms with Gasteiger partial charge in [0.05, 0.1) is 47.5 Å². The zero-order valence-corrected chi connectivity index (χ0v) is 15.4. The molecule has 0 aromatic heterocycles. The maximum Gasteiger partial charge on any atom is 0.259 e. The lowest BCUT2D eigenvalue weighted by molar-refractivity contribution is 0.00482. The molecule has 0 bridgehead atoms. The first kappa shape index (κ1) is 18.7. The molecule has 3 rings (SSSR count). The first-order chi connectivity index (χ1) is 12.4. The third kappa shape index (κ3) is 3.99. The fourth-order valence-corrected chi connectivity index (χ4v) is 3.79. The van der Waals surface area contributed by atoms with E-state index in [2.05, 4.69) is 10.0 Å². The molecule has 1 aliphatic rings. The lowest BCUT2D eigenvalue weighted by atomic mass is 10.2. The first-order valence-electron chi connectivity index (χ1n) is 7.74. The second-order valence-corrected chi connectivity index (χ2v) is 7.77. The van der Waals surface area contributed by atoms with E-state index < -0.39 is 15.9 Å². The summed E-state index contributed by atoms with van der Waals surface area (Å²) in [6, 6.07) is 10.6. The van der Waals surface area contributed by atoms with Crippen molar-refractivity contribution in [2.24, 2.45) is 0 Å².